The molecular formula is C8H10N4O5. The summed E-state index contributed by atoms with van der Waals surface area (Å²) in [6.07, 6.45) is 1.99. The molecule has 0 aliphatic carbocycles. The van der Waals surface area contributed by atoms with E-state index in [2.05, 4.69) is 15.5 Å². The van der Waals surface area contributed by atoms with Crippen molar-refractivity contribution in [3.05, 3.63) is 12.4 Å². The van der Waals surface area contributed by atoms with E-state index in [1.807, 2.05) is 5.32 Å². The van der Waals surface area contributed by atoms with Gasteiger partial charge in [0.15, 0.2) is 0 Å². The average molecular weight is 242 g/mol. The molecule has 17 heavy (non-hydrogen) atoms. The summed E-state index contributed by atoms with van der Waals surface area (Å²) >= 11 is 0. The topological polar surface area (TPSA) is 144 Å². The molecule has 1 atom stereocenters. The van der Waals surface area contributed by atoms with Crippen LogP contribution in [0.25, 0.3) is 0 Å². The molecule has 0 unspecified atom stereocenters. The second kappa shape index (κ2) is 5.49. The number of H-pyrrole nitrogens is 1. The predicted molar refractivity (Wildman–Crippen MR) is 54.4 cm³/mol. The number of nitrogens with one attached hydrogen (secondary N) is 3. The lowest BCUT2D eigenvalue weighted by atomic mass is 10.2. The van der Waals surface area contributed by atoms with Gasteiger partial charge in [-0.2, -0.15) is 5.10 Å². The number of carboxylic acids is 2. The number of aliphatic carboxylic acids is 2. The number of anilines is 1. The van der Waals surface area contributed by atoms with Crippen LogP contribution in [0.5, 0.6) is 0 Å². The first kappa shape index (κ1) is 12.5. The van der Waals surface area contributed by atoms with Crippen molar-refractivity contribution in [1.29, 1.82) is 0 Å². The number of rotatable bonds is 5. The molecule has 92 valence electrons. The monoisotopic (exact) mass is 242 g/mol. The molecule has 0 saturated carbocycles. The maximum atomic E-state index is 11.3. The van der Waals surface area contributed by atoms with Gasteiger partial charge in [-0.1, -0.05) is 0 Å². The highest BCUT2D eigenvalue weighted by Crippen LogP contribution is 2.01. The van der Waals surface area contributed by atoms with Crippen molar-refractivity contribution in [2.75, 3.05) is 5.32 Å². The standard InChI is InChI=1S/C8H10N4O5/c13-6(14)1-5(7(15)16)12-8(17)11-4-2-9-10-3-4/h2-3,5H,1H2,(H,9,10)(H,13,14)(H,15,16)(H2,11,12,17)/t5-/m0/s1. The number of urea groups is 1. The number of carboxylic acid groups (broad SMARTS) is 2. The number of aromatic nitrogens is 2. The molecular weight excluding hydrogens is 232 g/mol. The Kier molecular flexibility index (Phi) is 4.03. The van der Waals surface area contributed by atoms with Crippen LogP contribution in [-0.2, 0) is 9.59 Å². The molecule has 5 N–H and O–H groups in total. The number of nitrogens with zero attached hydrogens (tertiary/aromatic N) is 1. The van der Waals surface area contributed by atoms with Gasteiger partial charge in [0.25, 0.3) is 0 Å². The quantitative estimate of drug-likeness (QED) is 0.469. The van der Waals surface area contributed by atoms with Crippen LogP contribution in [0.3, 0.4) is 0 Å². The summed E-state index contributed by atoms with van der Waals surface area (Å²) in [5, 5.41) is 27.4. The first-order valence-corrected chi connectivity index (χ1v) is 4.50. The minimum absolute atomic E-state index is 0.335. The first-order valence-electron chi connectivity index (χ1n) is 4.50. The van der Waals surface area contributed by atoms with Crippen LogP contribution in [0.15, 0.2) is 12.4 Å². The van der Waals surface area contributed by atoms with Crippen molar-refractivity contribution in [2.45, 2.75) is 12.5 Å². The normalized spacial score (nSPS) is 11.5. The second-order valence-electron chi connectivity index (χ2n) is 3.07. The molecule has 9 nitrogen and oxygen atoms in total. The van der Waals surface area contributed by atoms with Gasteiger partial charge >= 0.3 is 18.0 Å². The number of aromatic amines is 1. The van der Waals surface area contributed by atoms with Crippen LogP contribution in [0.1, 0.15) is 6.42 Å². The van der Waals surface area contributed by atoms with Crippen molar-refractivity contribution in [2.24, 2.45) is 0 Å². The first-order chi connectivity index (χ1) is 7.99. The lowest BCUT2D eigenvalue weighted by Gasteiger charge is -2.12. The Labute approximate surface area is 94.8 Å². The largest absolute Gasteiger partial charge is 0.481 e. The third-order valence-corrected chi connectivity index (χ3v) is 1.74. The fourth-order valence-electron chi connectivity index (χ4n) is 1.02. The van der Waals surface area contributed by atoms with Crippen molar-refractivity contribution in [3.8, 4) is 0 Å². The van der Waals surface area contributed by atoms with Gasteiger partial charge < -0.3 is 20.8 Å². The van der Waals surface area contributed by atoms with E-state index in [9.17, 15) is 14.4 Å². The number of amides is 2. The molecule has 0 radical (unpaired) electrons. The van der Waals surface area contributed by atoms with Crippen LogP contribution in [0, 0.1) is 0 Å². The van der Waals surface area contributed by atoms with E-state index in [1.54, 1.807) is 0 Å². The molecule has 0 aliphatic heterocycles. The van der Waals surface area contributed by atoms with Crippen LogP contribution in [-0.4, -0.2) is 44.4 Å². The van der Waals surface area contributed by atoms with Crippen LogP contribution in [0.2, 0.25) is 0 Å². The summed E-state index contributed by atoms with van der Waals surface area (Å²) in [5.74, 6) is -2.74. The average Bonchev–Trinajstić information content (AvgIpc) is 2.68. The van der Waals surface area contributed by atoms with Gasteiger partial charge in [-0.05, 0) is 0 Å². The number of carbonyl (C=O) groups is 3. The van der Waals surface area contributed by atoms with Crippen LogP contribution < -0.4 is 10.6 Å². The van der Waals surface area contributed by atoms with Crippen molar-refractivity contribution >= 4 is 23.7 Å². The predicted octanol–water partition coefficient (Wildman–Crippen LogP) is -0.541. The van der Waals surface area contributed by atoms with Crippen LogP contribution in [0.4, 0.5) is 10.5 Å². The highest BCUT2D eigenvalue weighted by Gasteiger charge is 2.22. The van der Waals surface area contributed by atoms with E-state index in [4.69, 9.17) is 10.2 Å². The van der Waals surface area contributed by atoms with E-state index in [-0.39, 0.29) is 0 Å². The van der Waals surface area contributed by atoms with E-state index in [1.165, 1.54) is 12.4 Å². The van der Waals surface area contributed by atoms with Gasteiger partial charge in [0.05, 0.1) is 18.3 Å². The lowest BCUT2D eigenvalue weighted by molar-refractivity contribution is -0.145. The van der Waals surface area contributed by atoms with E-state index in [0.29, 0.717) is 5.69 Å². The summed E-state index contributed by atoms with van der Waals surface area (Å²) < 4.78 is 0. The zero-order valence-corrected chi connectivity index (χ0v) is 8.51. The highest BCUT2D eigenvalue weighted by molar-refractivity contribution is 5.93. The van der Waals surface area contributed by atoms with Gasteiger partial charge in [0, 0.05) is 6.20 Å². The zero-order chi connectivity index (χ0) is 12.8. The van der Waals surface area contributed by atoms with Gasteiger partial charge in [-0.25, -0.2) is 9.59 Å². The third-order valence-electron chi connectivity index (χ3n) is 1.74. The second-order valence-corrected chi connectivity index (χ2v) is 3.07. The van der Waals surface area contributed by atoms with E-state index < -0.39 is 30.4 Å². The lowest BCUT2D eigenvalue weighted by Crippen LogP contribution is -2.44. The molecule has 1 aromatic rings. The molecule has 0 aliphatic rings. The smallest absolute Gasteiger partial charge is 0.326 e. The number of hydrogen-bond donors (Lipinski definition) is 5. The fraction of sp³-hybridized carbons (Fsp3) is 0.250. The Bertz CT molecular complexity index is 416. The molecule has 9 heteroatoms. The molecule has 0 bridgehead atoms. The molecule has 1 aromatic heterocycles. The Hall–Kier alpha value is -2.58. The van der Waals surface area contributed by atoms with Crippen molar-refractivity contribution in [1.82, 2.24) is 15.5 Å². The minimum atomic E-state index is -1.49. The number of carbonyl (C=O) groups excluding carboxylic acids is 1. The van der Waals surface area contributed by atoms with Crippen LogP contribution >= 0.6 is 0 Å². The van der Waals surface area contributed by atoms with Crippen molar-refractivity contribution in [3.63, 3.8) is 0 Å². The highest BCUT2D eigenvalue weighted by atomic mass is 16.4. The Morgan fingerprint density at radius 3 is 2.59 bits per heavy atom. The Balaban J connectivity index is 2.52. The van der Waals surface area contributed by atoms with E-state index in [0.717, 1.165) is 0 Å². The zero-order valence-electron chi connectivity index (χ0n) is 8.51. The molecule has 0 aromatic carbocycles. The summed E-state index contributed by atoms with van der Waals surface area (Å²) in [6, 6.07) is -2.31. The van der Waals surface area contributed by atoms with Gasteiger partial charge in [-0.3, -0.25) is 9.89 Å². The van der Waals surface area contributed by atoms with Crippen molar-refractivity contribution < 1.29 is 24.6 Å². The van der Waals surface area contributed by atoms with Gasteiger partial charge in [-0.15, -0.1) is 0 Å². The molecule has 0 spiro atoms. The number of hydrogen-bond acceptors (Lipinski definition) is 4. The fourth-order valence-corrected chi connectivity index (χ4v) is 1.02. The molecule has 1 heterocycles. The third kappa shape index (κ3) is 4.20. The minimum Gasteiger partial charge on any atom is -0.481 e. The van der Waals surface area contributed by atoms with Gasteiger partial charge in [0.1, 0.15) is 6.04 Å². The van der Waals surface area contributed by atoms with Gasteiger partial charge in [0.2, 0.25) is 0 Å². The molecule has 0 saturated heterocycles. The Morgan fingerprint density at radius 1 is 1.41 bits per heavy atom. The molecule has 2 amide bonds. The maximum Gasteiger partial charge on any atom is 0.326 e. The molecule has 0 fully saturated rings. The molecule has 1 rings (SSSR count). The summed E-state index contributed by atoms with van der Waals surface area (Å²) in [6.45, 7) is 0. The Morgan fingerprint density at radius 2 is 2.12 bits per heavy atom. The van der Waals surface area contributed by atoms with E-state index >= 15 is 0 Å². The summed E-state index contributed by atoms with van der Waals surface area (Å²) in [4.78, 5) is 32.3. The SMILES string of the molecule is O=C(O)C[C@H](NC(=O)Nc1cn[nH]c1)C(=O)O. The maximum absolute atomic E-state index is 11.3. The summed E-state index contributed by atoms with van der Waals surface area (Å²) in [7, 11) is 0. The summed E-state index contributed by atoms with van der Waals surface area (Å²) in [5.41, 5.74) is 0.335.